The minimum atomic E-state index is -3.81. The number of ether oxygens (including phenoxy) is 1. The fourth-order valence-electron chi connectivity index (χ4n) is 2.89. The van der Waals surface area contributed by atoms with Gasteiger partial charge < -0.3 is 10.1 Å². The first-order chi connectivity index (χ1) is 13.3. The summed E-state index contributed by atoms with van der Waals surface area (Å²) < 4.78 is 32.3. The number of carbonyl (C=O) groups is 1. The quantitative estimate of drug-likeness (QED) is 0.739. The van der Waals surface area contributed by atoms with Crippen molar-refractivity contribution in [3.05, 3.63) is 58.1 Å². The summed E-state index contributed by atoms with van der Waals surface area (Å²) in [4.78, 5) is 12.6. The molecule has 0 aromatic heterocycles. The van der Waals surface area contributed by atoms with E-state index in [1.165, 1.54) is 43.4 Å². The summed E-state index contributed by atoms with van der Waals surface area (Å²) in [6.07, 6.45) is 1.87. The highest BCUT2D eigenvalue weighted by atomic mass is 35.5. The molecule has 0 aliphatic carbocycles. The van der Waals surface area contributed by atoms with Crippen LogP contribution in [0, 0.1) is 0 Å². The lowest BCUT2D eigenvalue weighted by Gasteiger charge is -2.21. The van der Waals surface area contributed by atoms with Gasteiger partial charge in [0.05, 0.1) is 27.3 Å². The molecule has 6 nitrogen and oxygen atoms in total. The first-order valence-corrected chi connectivity index (χ1v) is 10.9. The van der Waals surface area contributed by atoms with Crippen molar-refractivity contribution in [3.63, 3.8) is 0 Å². The SMILES string of the molecule is CN(c1ccc(Cl)c(C(=O)NC[C@H]2CCCO2)c1)S(=O)(=O)c1ccc(Cl)cc1. The molecule has 1 fully saturated rings. The van der Waals surface area contributed by atoms with E-state index in [-0.39, 0.29) is 27.5 Å². The van der Waals surface area contributed by atoms with Crippen molar-refractivity contribution in [2.45, 2.75) is 23.8 Å². The second-order valence-electron chi connectivity index (χ2n) is 6.44. The summed E-state index contributed by atoms with van der Waals surface area (Å²) in [5, 5.41) is 3.48. The van der Waals surface area contributed by atoms with E-state index in [9.17, 15) is 13.2 Å². The molecule has 0 bridgehead atoms. The summed E-state index contributed by atoms with van der Waals surface area (Å²) >= 11 is 12.0. The second kappa shape index (κ2) is 8.69. The Labute approximate surface area is 174 Å². The van der Waals surface area contributed by atoms with Gasteiger partial charge in [-0.3, -0.25) is 9.10 Å². The normalized spacial score (nSPS) is 16.8. The molecular weight excluding hydrogens is 423 g/mol. The molecular formula is C19H20Cl2N2O4S. The maximum Gasteiger partial charge on any atom is 0.264 e. The van der Waals surface area contributed by atoms with Crippen LogP contribution in [0.4, 0.5) is 5.69 Å². The number of halogens is 2. The van der Waals surface area contributed by atoms with Crippen LogP contribution < -0.4 is 9.62 Å². The standard InChI is InChI=1S/C19H20Cl2N2O4S/c1-23(28(25,26)16-7-4-13(20)5-8-16)14-6-9-18(21)17(11-14)19(24)22-12-15-3-2-10-27-15/h4-9,11,15H,2-3,10,12H2,1H3,(H,22,24)/t15-/m1/s1. The number of anilines is 1. The first-order valence-electron chi connectivity index (χ1n) is 8.73. The molecule has 1 heterocycles. The molecule has 1 aliphatic rings. The zero-order valence-corrected chi connectivity index (χ0v) is 17.5. The maximum absolute atomic E-state index is 12.8. The molecule has 0 unspecified atom stereocenters. The molecule has 0 saturated carbocycles. The molecule has 2 aromatic carbocycles. The molecule has 2 aromatic rings. The fraction of sp³-hybridized carbons (Fsp3) is 0.316. The number of nitrogens with zero attached hydrogens (tertiary/aromatic N) is 1. The molecule has 0 radical (unpaired) electrons. The average Bonchev–Trinajstić information content (AvgIpc) is 3.20. The minimum absolute atomic E-state index is 0.00105. The van der Waals surface area contributed by atoms with E-state index >= 15 is 0 Å². The number of hydrogen-bond donors (Lipinski definition) is 1. The average molecular weight is 443 g/mol. The Morgan fingerprint density at radius 2 is 1.93 bits per heavy atom. The third kappa shape index (κ3) is 4.60. The van der Waals surface area contributed by atoms with Gasteiger partial charge in [0.25, 0.3) is 15.9 Å². The van der Waals surface area contributed by atoms with Crippen molar-refractivity contribution in [1.82, 2.24) is 5.32 Å². The van der Waals surface area contributed by atoms with Gasteiger partial charge in [-0.25, -0.2) is 8.42 Å². The van der Waals surface area contributed by atoms with Gasteiger partial charge in [0.1, 0.15) is 0 Å². The van der Waals surface area contributed by atoms with Crippen molar-refractivity contribution in [2.24, 2.45) is 0 Å². The number of rotatable bonds is 6. The first kappa shape index (κ1) is 20.9. The van der Waals surface area contributed by atoms with E-state index in [4.69, 9.17) is 27.9 Å². The summed E-state index contributed by atoms with van der Waals surface area (Å²) in [5.41, 5.74) is 0.525. The lowest BCUT2D eigenvalue weighted by atomic mass is 10.1. The largest absolute Gasteiger partial charge is 0.376 e. The Morgan fingerprint density at radius 3 is 2.57 bits per heavy atom. The van der Waals surface area contributed by atoms with Crippen LogP contribution in [-0.2, 0) is 14.8 Å². The number of benzene rings is 2. The van der Waals surface area contributed by atoms with E-state index < -0.39 is 10.0 Å². The van der Waals surface area contributed by atoms with Crippen LogP contribution in [0.2, 0.25) is 10.0 Å². The van der Waals surface area contributed by atoms with E-state index in [0.717, 1.165) is 17.1 Å². The van der Waals surface area contributed by atoms with Crippen molar-refractivity contribution in [3.8, 4) is 0 Å². The highest BCUT2D eigenvalue weighted by Gasteiger charge is 2.23. The molecule has 150 valence electrons. The number of amides is 1. The fourth-order valence-corrected chi connectivity index (χ4v) is 4.41. The zero-order valence-electron chi connectivity index (χ0n) is 15.2. The van der Waals surface area contributed by atoms with Gasteiger partial charge in [-0.2, -0.15) is 0 Å². The van der Waals surface area contributed by atoms with Gasteiger partial charge in [-0.1, -0.05) is 23.2 Å². The Balaban J connectivity index is 1.81. The summed E-state index contributed by atoms with van der Waals surface area (Å²) in [7, 11) is -2.39. The minimum Gasteiger partial charge on any atom is -0.376 e. The van der Waals surface area contributed by atoms with Gasteiger partial charge >= 0.3 is 0 Å². The number of sulfonamides is 1. The van der Waals surface area contributed by atoms with Crippen molar-refractivity contribution >= 4 is 44.8 Å². The zero-order chi connectivity index (χ0) is 20.3. The molecule has 28 heavy (non-hydrogen) atoms. The van der Waals surface area contributed by atoms with E-state index in [1.54, 1.807) is 6.07 Å². The van der Waals surface area contributed by atoms with Crippen molar-refractivity contribution in [1.29, 1.82) is 0 Å². The van der Waals surface area contributed by atoms with Crippen LogP contribution in [0.15, 0.2) is 47.4 Å². The Morgan fingerprint density at radius 1 is 1.21 bits per heavy atom. The molecule has 1 N–H and O–H groups in total. The van der Waals surface area contributed by atoms with Crippen LogP contribution in [0.25, 0.3) is 0 Å². The van der Waals surface area contributed by atoms with E-state index in [1.807, 2.05) is 0 Å². The highest BCUT2D eigenvalue weighted by molar-refractivity contribution is 7.92. The Bertz CT molecular complexity index is 958. The topological polar surface area (TPSA) is 75.7 Å². The van der Waals surface area contributed by atoms with Crippen LogP contribution in [0.5, 0.6) is 0 Å². The molecule has 1 aliphatic heterocycles. The smallest absolute Gasteiger partial charge is 0.264 e. The van der Waals surface area contributed by atoms with Crippen LogP contribution >= 0.6 is 23.2 Å². The molecule has 1 atom stereocenters. The van der Waals surface area contributed by atoms with E-state index in [0.29, 0.717) is 23.9 Å². The summed E-state index contributed by atoms with van der Waals surface area (Å²) in [6, 6.07) is 10.4. The second-order valence-corrected chi connectivity index (χ2v) is 9.25. The Kier molecular flexibility index (Phi) is 6.50. The summed E-state index contributed by atoms with van der Waals surface area (Å²) in [5.74, 6) is -0.375. The molecule has 1 saturated heterocycles. The van der Waals surface area contributed by atoms with Crippen molar-refractivity contribution < 1.29 is 17.9 Å². The molecule has 3 rings (SSSR count). The summed E-state index contributed by atoms with van der Waals surface area (Å²) in [6.45, 7) is 1.09. The third-order valence-electron chi connectivity index (χ3n) is 4.54. The van der Waals surface area contributed by atoms with Crippen LogP contribution in [-0.4, -0.2) is 40.6 Å². The maximum atomic E-state index is 12.8. The van der Waals surface area contributed by atoms with Gasteiger partial charge in [0.2, 0.25) is 0 Å². The van der Waals surface area contributed by atoms with Gasteiger partial charge in [-0.05, 0) is 55.3 Å². The molecule has 0 spiro atoms. The Hall–Kier alpha value is -1.80. The van der Waals surface area contributed by atoms with Crippen LogP contribution in [0.1, 0.15) is 23.2 Å². The monoisotopic (exact) mass is 442 g/mol. The third-order valence-corrected chi connectivity index (χ3v) is 6.93. The number of carbonyl (C=O) groups excluding carboxylic acids is 1. The van der Waals surface area contributed by atoms with Gasteiger partial charge in [0, 0.05) is 25.2 Å². The molecule has 9 heteroatoms. The van der Waals surface area contributed by atoms with Gasteiger partial charge in [-0.15, -0.1) is 0 Å². The lowest BCUT2D eigenvalue weighted by Crippen LogP contribution is -2.32. The predicted molar refractivity (Wildman–Crippen MR) is 110 cm³/mol. The van der Waals surface area contributed by atoms with E-state index in [2.05, 4.69) is 5.32 Å². The van der Waals surface area contributed by atoms with Crippen molar-refractivity contribution in [2.75, 3.05) is 24.5 Å². The predicted octanol–water partition coefficient (Wildman–Crippen LogP) is 3.73. The number of hydrogen-bond acceptors (Lipinski definition) is 4. The lowest BCUT2D eigenvalue weighted by molar-refractivity contribution is 0.0858. The highest BCUT2D eigenvalue weighted by Crippen LogP contribution is 2.27. The van der Waals surface area contributed by atoms with Crippen LogP contribution in [0.3, 0.4) is 0 Å². The number of nitrogens with one attached hydrogen (secondary N) is 1. The van der Waals surface area contributed by atoms with Gasteiger partial charge in [0.15, 0.2) is 0 Å². The molecule has 1 amide bonds.